The molecular formula is C29H38FN5O. The molecule has 1 aromatic heterocycles. The van der Waals surface area contributed by atoms with E-state index in [0.29, 0.717) is 25.0 Å². The Morgan fingerprint density at radius 3 is 2.78 bits per heavy atom. The molecule has 6 nitrogen and oxygen atoms in total. The summed E-state index contributed by atoms with van der Waals surface area (Å²) in [4.78, 5) is 14.1. The van der Waals surface area contributed by atoms with Gasteiger partial charge in [-0.25, -0.2) is 14.4 Å². The van der Waals surface area contributed by atoms with Crippen LogP contribution in [0, 0.1) is 5.82 Å². The van der Waals surface area contributed by atoms with Gasteiger partial charge in [-0.1, -0.05) is 26.1 Å². The Morgan fingerprint density at radius 1 is 1.11 bits per heavy atom. The summed E-state index contributed by atoms with van der Waals surface area (Å²) in [5, 5.41) is 3.29. The minimum absolute atomic E-state index is 0. The number of ether oxygens (including phenoxy) is 1. The van der Waals surface area contributed by atoms with Crippen molar-refractivity contribution in [1.82, 2.24) is 19.8 Å². The first kappa shape index (κ1) is 25.8. The molecule has 192 valence electrons. The maximum Gasteiger partial charge on any atom is 0.223 e. The summed E-state index contributed by atoms with van der Waals surface area (Å²) in [5.41, 5.74) is 5.73. The summed E-state index contributed by atoms with van der Waals surface area (Å²) >= 11 is 0. The van der Waals surface area contributed by atoms with Gasteiger partial charge in [-0.2, -0.15) is 0 Å². The smallest absolute Gasteiger partial charge is 0.223 e. The zero-order valence-electron chi connectivity index (χ0n) is 20.4. The molecule has 0 aliphatic carbocycles. The Morgan fingerprint density at radius 2 is 1.97 bits per heavy atom. The van der Waals surface area contributed by atoms with E-state index in [1.165, 1.54) is 5.56 Å². The number of piperazine rings is 1. The number of halogens is 1. The van der Waals surface area contributed by atoms with Crippen molar-refractivity contribution >= 4 is 11.5 Å². The van der Waals surface area contributed by atoms with E-state index >= 15 is 0 Å². The lowest BCUT2D eigenvalue weighted by molar-refractivity contribution is 0.0863. The highest BCUT2D eigenvalue weighted by atomic mass is 19.1. The van der Waals surface area contributed by atoms with Crippen LogP contribution in [0.25, 0.3) is 16.8 Å². The molecule has 8 bridgehead atoms. The Labute approximate surface area is 215 Å². The molecule has 3 aliphatic rings. The highest BCUT2D eigenvalue weighted by Gasteiger charge is 2.25. The van der Waals surface area contributed by atoms with Crippen LogP contribution in [0.1, 0.15) is 32.5 Å². The van der Waals surface area contributed by atoms with Crippen LogP contribution >= 0.6 is 0 Å². The second-order valence-corrected chi connectivity index (χ2v) is 9.48. The summed E-state index contributed by atoms with van der Waals surface area (Å²) in [6.45, 7) is 11.6. The maximum atomic E-state index is 14.4. The number of hydrogen-bond donors (Lipinski definition) is 1. The maximum absolute atomic E-state index is 14.4. The average molecular weight is 492 g/mol. The lowest BCUT2D eigenvalue weighted by atomic mass is 10.0. The van der Waals surface area contributed by atoms with Gasteiger partial charge in [0.1, 0.15) is 11.6 Å². The fourth-order valence-corrected chi connectivity index (χ4v) is 5.01. The number of benzene rings is 2. The molecule has 36 heavy (non-hydrogen) atoms. The number of nitrogens with zero attached hydrogens (tertiary/aromatic N) is 4. The van der Waals surface area contributed by atoms with Crippen LogP contribution in [0.4, 0.5) is 10.3 Å². The topological polar surface area (TPSA) is 53.5 Å². The summed E-state index contributed by atoms with van der Waals surface area (Å²) in [6, 6.07) is 13.9. The Hall–Kier alpha value is -3.29. The minimum atomic E-state index is -0.229. The number of methoxy groups -OCH3 is 1. The first-order valence-electron chi connectivity index (χ1n) is 12.2. The zero-order chi connectivity index (χ0) is 24.4. The molecule has 0 radical (unpaired) electrons. The first-order valence-corrected chi connectivity index (χ1v) is 12.2. The third kappa shape index (κ3) is 5.74. The molecule has 2 unspecified atom stereocenters. The normalized spacial score (nSPS) is 21.9. The van der Waals surface area contributed by atoms with Crippen molar-refractivity contribution in [3.05, 3.63) is 77.7 Å². The van der Waals surface area contributed by atoms with Crippen molar-refractivity contribution < 1.29 is 10.6 Å². The van der Waals surface area contributed by atoms with Gasteiger partial charge in [0.2, 0.25) is 5.95 Å². The van der Waals surface area contributed by atoms with Crippen LogP contribution in [-0.4, -0.2) is 65.6 Å². The number of rotatable bonds is 1. The van der Waals surface area contributed by atoms with E-state index in [2.05, 4.69) is 45.7 Å². The summed E-state index contributed by atoms with van der Waals surface area (Å²) in [6.07, 6.45) is 2.41. The summed E-state index contributed by atoms with van der Waals surface area (Å²) in [5.74, 6) is 1.10. The number of hydrogen-bond acceptors (Lipinski definition) is 6. The van der Waals surface area contributed by atoms with E-state index in [-0.39, 0.29) is 14.7 Å². The van der Waals surface area contributed by atoms with Gasteiger partial charge in [-0.3, -0.25) is 9.80 Å². The summed E-state index contributed by atoms with van der Waals surface area (Å²) in [7, 11) is 1.68. The largest absolute Gasteiger partial charge is 0.496 e. The highest BCUT2D eigenvalue weighted by Crippen LogP contribution is 2.31. The number of fused-ring (bicyclic) bond motifs is 5. The van der Waals surface area contributed by atoms with Crippen molar-refractivity contribution in [3.8, 4) is 17.0 Å². The van der Waals surface area contributed by atoms with Crippen LogP contribution < -0.4 is 10.1 Å². The van der Waals surface area contributed by atoms with Crippen LogP contribution in [0.3, 0.4) is 0 Å². The molecule has 0 amide bonds. The lowest BCUT2D eigenvalue weighted by Crippen LogP contribution is -2.51. The van der Waals surface area contributed by atoms with Gasteiger partial charge >= 0.3 is 0 Å². The van der Waals surface area contributed by atoms with Crippen molar-refractivity contribution in [2.75, 3.05) is 45.2 Å². The number of anilines is 1. The van der Waals surface area contributed by atoms with Gasteiger partial charge in [0.15, 0.2) is 0 Å². The zero-order valence-corrected chi connectivity index (χ0v) is 20.4. The molecule has 6 rings (SSSR count). The molecule has 3 aromatic rings. The molecule has 0 spiro atoms. The average Bonchev–Trinajstić information content (AvgIpc) is 2.85. The SMILES string of the molecule is C.C=C1CN2CCN(Cc3ccc(OC)c(c3)-c3ccnc(n3)NCCc3cc(F)cc1c3)[C@@H](C)C2.[HH]. The molecule has 2 aromatic carbocycles. The van der Waals surface area contributed by atoms with E-state index in [4.69, 9.17) is 9.72 Å². The van der Waals surface area contributed by atoms with Gasteiger partial charge in [0.25, 0.3) is 0 Å². The predicted molar refractivity (Wildman–Crippen MR) is 147 cm³/mol. The molecule has 1 fully saturated rings. The molecule has 4 heterocycles. The van der Waals surface area contributed by atoms with Gasteiger partial charge in [0, 0.05) is 58.5 Å². The van der Waals surface area contributed by atoms with Crippen molar-refractivity contribution in [1.29, 1.82) is 0 Å². The quantitative estimate of drug-likeness (QED) is 0.495. The Kier molecular flexibility index (Phi) is 8.01. The van der Waals surface area contributed by atoms with Gasteiger partial charge in [0.05, 0.1) is 12.8 Å². The van der Waals surface area contributed by atoms with Crippen LogP contribution in [0.5, 0.6) is 5.75 Å². The van der Waals surface area contributed by atoms with Gasteiger partial charge in [-0.05, 0) is 65.9 Å². The fourth-order valence-electron chi connectivity index (χ4n) is 5.01. The highest BCUT2D eigenvalue weighted by molar-refractivity contribution is 5.69. The predicted octanol–water partition coefficient (Wildman–Crippen LogP) is 5.36. The van der Waals surface area contributed by atoms with Crippen LogP contribution in [0.2, 0.25) is 0 Å². The lowest BCUT2D eigenvalue weighted by Gasteiger charge is -2.40. The summed E-state index contributed by atoms with van der Waals surface area (Å²) < 4.78 is 20.1. The third-order valence-corrected chi connectivity index (χ3v) is 6.91. The second-order valence-electron chi connectivity index (χ2n) is 9.48. The van der Waals surface area contributed by atoms with E-state index < -0.39 is 0 Å². The van der Waals surface area contributed by atoms with Crippen molar-refractivity contribution in [2.45, 2.75) is 33.4 Å². The molecular weight excluding hydrogens is 453 g/mol. The van der Waals surface area contributed by atoms with Crippen molar-refractivity contribution in [3.63, 3.8) is 0 Å². The van der Waals surface area contributed by atoms with E-state index in [9.17, 15) is 4.39 Å². The monoisotopic (exact) mass is 491 g/mol. The standard InChI is InChI=1S/C28H32FN5O.CH4.H2/c1-19-16-33-10-11-34(20(2)17-33)18-22-4-5-27(35-3)25(14-22)26-7-9-31-28(32-26)30-8-6-21-12-23(19)15-24(29)13-21;;/h4-5,7,9,12-15,20H,1,6,8,10-11,16-18H2,2-3H3,(H,30,31,32);1H4;1H/t20-;;/m0../s1. The van der Waals surface area contributed by atoms with Gasteiger partial charge in [-0.15, -0.1) is 0 Å². The van der Waals surface area contributed by atoms with E-state index in [1.807, 2.05) is 18.2 Å². The molecule has 3 aliphatic heterocycles. The van der Waals surface area contributed by atoms with Crippen molar-refractivity contribution in [2.24, 2.45) is 0 Å². The van der Waals surface area contributed by atoms with E-state index in [0.717, 1.165) is 66.4 Å². The molecule has 7 heteroatoms. The first-order chi connectivity index (χ1) is 17.0. The van der Waals surface area contributed by atoms with E-state index in [1.54, 1.807) is 25.4 Å². The van der Waals surface area contributed by atoms with Crippen LogP contribution in [0.15, 0.2) is 55.2 Å². The number of nitrogens with one attached hydrogen (secondary N) is 1. The fraction of sp³-hybridized carbons (Fsp3) is 0.379. The van der Waals surface area contributed by atoms with Gasteiger partial charge < -0.3 is 10.1 Å². The second kappa shape index (κ2) is 11.2. The molecule has 0 saturated carbocycles. The molecule has 1 saturated heterocycles. The minimum Gasteiger partial charge on any atom is -0.496 e. The Bertz CT molecular complexity index is 1240. The Balaban J connectivity index is 0.00000190. The third-order valence-electron chi connectivity index (χ3n) is 6.91. The molecule has 1 N–H and O–H groups in total. The molecule has 3 atom stereocenters. The van der Waals surface area contributed by atoms with Crippen LogP contribution in [-0.2, 0) is 13.0 Å². The number of aromatic nitrogens is 2.